The molecule has 0 radical (unpaired) electrons. The summed E-state index contributed by atoms with van der Waals surface area (Å²) in [5.41, 5.74) is 5.81. The highest BCUT2D eigenvalue weighted by molar-refractivity contribution is 6.10. The van der Waals surface area contributed by atoms with E-state index in [4.69, 9.17) is 15.0 Å². The van der Waals surface area contributed by atoms with Gasteiger partial charge in [-0.3, -0.25) is 0 Å². The summed E-state index contributed by atoms with van der Waals surface area (Å²) < 4.78 is 42.4. The Balaban J connectivity index is 1.44. The van der Waals surface area contributed by atoms with Crippen molar-refractivity contribution < 1.29 is 13.2 Å². The smallest absolute Gasteiger partial charge is 0.308 e. The number of alkyl halides is 3. The van der Waals surface area contributed by atoms with E-state index in [9.17, 15) is 23.7 Å². The quantitative estimate of drug-likeness (QED) is 0.182. The van der Waals surface area contributed by atoms with Gasteiger partial charge < -0.3 is 4.57 Å². The molecule has 9 heteroatoms. The van der Waals surface area contributed by atoms with Gasteiger partial charge in [0.15, 0.2) is 17.5 Å². The molecule has 0 aliphatic rings. The van der Waals surface area contributed by atoms with E-state index in [0.717, 1.165) is 45.1 Å². The Kier molecular flexibility index (Phi) is 7.59. The Morgan fingerprint density at radius 2 is 0.980 bits per heavy atom. The first-order chi connectivity index (χ1) is 24.8. The fraction of sp³-hybridized carbons (Fsp3) is 0.0238. The Bertz CT molecular complexity index is 2560. The van der Waals surface area contributed by atoms with Crippen LogP contribution < -0.4 is 0 Å². The lowest BCUT2D eigenvalue weighted by Gasteiger charge is -2.17. The summed E-state index contributed by atoms with van der Waals surface area (Å²) in [6, 6.07) is 45.0. The predicted octanol–water partition coefficient (Wildman–Crippen LogP) is 10.4. The van der Waals surface area contributed by atoms with Crippen molar-refractivity contribution in [3.8, 4) is 63.1 Å². The molecule has 0 spiro atoms. The number of aromatic nitrogens is 4. The van der Waals surface area contributed by atoms with Crippen molar-refractivity contribution in [3.05, 3.63) is 156 Å². The molecule has 0 aliphatic carbocycles. The predicted molar refractivity (Wildman–Crippen MR) is 190 cm³/mol. The fourth-order valence-corrected chi connectivity index (χ4v) is 6.29. The summed E-state index contributed by atoms with van der Waals surface area (Å²) in [5, 5.41) is 21.0. The molecular formula is C42H23F3N6. The highest BCUT2D eigenvalue weighted by Crippen LogP contribution is 2.39. The lowest BCUT2D eigenvalue weighted by atomic mass is 10.00. The van der Waals surface area contributed by atoms with Gasteiger partial charge in [-0.05, 0) is 71.8 Å². The van der Waals surface area contributed by atoms with E-state index in [2.05, 4.69) is 12.1 Å². The largest absolute Gasteiger partial charge is 0.416 e. The molecule has 242 valence electrons. The average Bonchev–Trinajstić information content (AvgIpc) is 3.50. The number of fused-ring (bicyclic) bond motifs is 3. The van der Waals surface area contributed by atoms with Crippen LogP contribution in [0.2, 0.25) is 0 Å². The van der Waals surface area contributed by atoms with E-state index in [1.54, 1.807) is 24.3 Å². The number of nitriles is 2. The van der Waals surface area contributed by atoms with Crippen LogP contribution in [-0.4, -0.2) is 19.5 Å². The molecular weight excluding hydrogens is 645 g/mol. The number of nitrogens with zero attached hydrogens (tertiary/aromatic N) is 6. The van der Waals surface area contributed by atoms with Crippen LogP contribution in [0.3, 0.4) is 0 Å². The van der Waals surface area contributed by atoms with Gasteiger partial charge in [0.05, 0.1) is 45.5 Å². The van der Waals surface area contributed by atoms with E-state index in [1.165, 1.54) is 12.1 Å². The topological polar surface area (TPSA) is 91.2 Å². The van der Waals surface area contributed by atoms with Gasteiger partial charge in [0.2, 0.25) is 0 Å². The fourth-order valence-electron chi connectivity index (χ4n) is 6.29. The Morgan fingerprint density at radius 3 is 1.47 bits per heavy atom. The Labute approximate surface area is 290 Å². The molecule has 0 amide bonds. The molecule has 8 rings (SSSR count). The summed E-state index contributed by atoms with van der Waals surface area (Å²) in [6.45, 7) is 0. The van der Waals surface area contributed by atoms with Gasteiger partial charge in [-0.25, -0.2) is 15.0 Å². The van der Waals surface area contributed by atoms with Gasteiger partial charge >= 0.3 is 6.18 Å². The normalized spacial score (nSPS) is 11.4. The number of rotatable bonds is 5. The summed E-state index contributed by atoms with van der Waals surface area (Å²) in [5.74, 6) is 1.32. The Hall–Kier alpha value is -7.10. The third kappa shape index (κ3) is 5.73. The van der Waals surface area contributed by atoms with Gasteiger partial charge in [0, 0.05) is 27.5 Å². The number of hydrogen-bond acceptors (Lipinski definition) is 5. The molecule has 0 atom stereocenters. The first kappa shape index (κ1) is 31.2. The molecule has 0 aliphatic heterocycles. The lowest BCUT2D eigenvalue weighted by Crippen LogP contribution is -2.05. The van der Waals surface area contributed by atoms with Crippen LogP contribution in [0.25, 0.3) is 72.8 Å². The zero-order valence-electron chi connectivity index (χ0n) is 26.6. The van der Waals surface area contributed by atoms with Crippen LogP contribution in [0.4, 0.5) is 13.2 Å². The Morgan fingerprint density at radius 1 is 0.490 bits per heavy atom. The standard InChI is InChI=1S/C42H23F3N6/c43-42(44,45)32-16-13-28(14-17-32)31-15-18-33(41-49-39(29-7-3-1-4-8-29)48-40(50-41)30-9-5-2-6-10-30)38(23-31)51-36-19-11-26(24-46)21-34(36)35-22-27(25-47)12-20-37(35)51/h1-23H. The van der Waals surface area contributed by atoms with Crippen LogP contribution >= 0.6 is 0 Å². The summed E-state index contributed by atoms with van der Waals surface area (Å²) in [7, 11) is 0. The first-order valence-electron chi connectivity index (χ1n) is 15.9. The molecule has 51 heavy (non-hydrogen) atoms. The molecule has 0 bridgehead atoms. The van der Waals surface area contributed by atoms with Crippen LogP contribution in [0.15, 0.2) is 140 Å². The molecule has 8 aromatic rings. The monoisotopic (exact) mass is 668 g/mol. The SMILES string of the molecule is N#Cc1ccc2c(c1)c1cc(C#N)ccc1n2-c1cc(-c2ccc(C(F)(F)F)cc2)ccc1-c1nc(-c2ccccc2)nc(-c2ccccc2)n1. The molecule has 2 aromatic heterocycles. The minimum Gasteiger partial charge on any atom is -0.308 e. The van der Waals surface area contributed by atoms with Crippen LogP contribution in [0.1, 0.15) is 16.7 Å². The molecule has 0 fully saturated rings. The maximum Gasteiger partial charge on any atom is 0.416 e. The van der Waals surface area contributed by atoms with E-state index < -0.39 is 11.7 Å². The van der Waals surface area contributed by atoms with Crippen molar-refractivity contribution in [1.82, 2.24) is 19.5 Å². The maximum atomic E-state index is 13.5. The van der Waals surface area contributed by atoms with E-state index in [1.807, 2.05) is 95.6 Å². The summed E-state index contributed by atoms with van der Waals surface area (Å²) >= 11 is 0. The van der Waals surface area contributed by atoms with Crippen LogP contribution in [0, 0.1) is 22.7 Å². The second kappa shape index (κ2) is 12.4. The van der Waals surface area contributed by atoms with E-state index in [-0.39, 0.29) is 0 Å². The molecule has 2 heterocycles. The molecule has 0 saturated heterocycles. The van der Waals surface area contributed by atoms with Crippen molar-refractivity contribution in [3.63, 3.8) is 0 Å². The minimum atomic E-state index is -4.47. The van der Waals surface area contributed by atoms with E-state index >= 15 is 0 Å². The lowest BCUT2D eigenvalue weighted by molar-refractivity contribution is -0.137. The highest BCUT2D eigenvalue weighted by atomic mass is 19.4. The first-order valence-corrected chi connectivity index (χ1v) is 15.9. The molecule has 0 N–H and O–H groups in total. The van der Waals surface area contributed by atoms with Crippen LogP contribution in [0.5, 0.6) is 0 Å². The van der Waals surface area contributed by atoms with Gasteiger partial charge in [0.25, 0.3) is 0 Å². The second-order valence-corrected chi connectivity index (χ2v) is 11.9. The number of halogens is 3. The van der Waals surface area contributed by atoms with Gasteiger partial charge in [0.1, 0.15) is 0 Å². The van der Waals surface area contributed by atoms with Gasteiger partial charge in [-0.1, -0.05) is 78.9 Å². The summed E-state index contributed by atoms with van der Waals surface area (Å²) in [6.07, 6.45) is -4.47. The molecule has 0 unspecified atom stereocenters. The van der Waals surface area contributed by atoms with Crippen molar-refractivity contribution in [2.45, 2.75) is 6.18 Å². The van der Waals surface area contributed by atoms with E-state index in [0.29, 0.717) is 51.0 Å². The van der Waals surface area contributed by atoms with Crippen molar-refractivity contribution >= 4 is 21.8 Å². The van der Waals surface area contributed by atoms with Crippen molar-refractivity contribution in [2.24, 2.45) is 0 Å². The third-order valence-electron chi connectivity index (χ3n) is 8.75. The molecule has 6 aromatic carbocycles. The third-order valence-corrected chi connectivity index (χ3v) is 8.75. The maximum absolute atomic E-state index is 13.5. The minimum absolute atomic E-state index is 0.383. The highest BCUT2D eigenvalue weighted by Gasteiger charge is 2.30. The number of benzene rings is 6. The number of hydrogen-bond donors (Lipinski definition) is 0. The zero-order valence-corrected chi connectivity index (χ0v) is 26.6. The average molecular weight is 669 g/mol. The van der Waals surface area contributed by atoms with Crippen LogP contribution in [-0.2, 0) is 6.18 Å². The second-order valence-electron chi connectivity index (χ2n) is 11.9. The molecule has 6 nitrogen and oxygen atoms in total. The zero-order chi connectivity index (χ0) is 35.1. The molecule has 0 saturated carbocycles. The van der Waals surface area contributed by atoms with Gasteiger partial charge in [-0.15, -0.1) is 0 Å². The van der Waals surface area contributed by atoms with Crippen molar-refractivity contribution in [2.75, 3.05) is 0 Å². The van der Waals surface area contributed by atoms with Gasteiger partial charge in [-0.2, -0.15) is 23.7 Å². The van der Waals surface area contributed by atoms with Crippen molar-refractivity contribution in [1.29, 1.82) is 10.5 Å². The summed E-state index contributed by atoms with van der Waals surface area (Å²) in [4.78, 5) is 14.8.